The Kier molecular flexibility index (Phi) is 35.7. The topological polar surface area (TPSA) is 212 Å². The minimum atomic E-state index is -5.12. The third-order valence-electron chi connectivity index (χ3n) is 11.6. The van der Waals surface area contributed by atoms with Gasteiger partial charge in [-0.25, -0.2) is 4.18 Å². The fraction of sp³-hybridized carbons (Fsp3) is 0.894. The zero-order valence-electron chi connectivity index (χ0n) is 38.1. The fourth-order valence-electron chi connectivity index (χ4n) is 7.69. The minimum absolute atomic E-state index is 0.237. The van der Waals surface area contributed by atoms with Crippen LogP contribution in [0.5, 0.6) is 0 Å². The number of carbonyl (C=O) groups is 1. The quantitative estimate of drug-likeness (QED) is 0.0175. The number of unbranched alkanes of at least 4 members (excludes halogenated alkanes) is 26. The van der Waals surface area contributed by atoms with E-state index in [0.29, 0.717) is 12.8 Å². The molecule has 8 unspecified atom stereocenters. The second kappa shape index (κ2) is 37.9. The highest BCUT2D eigenvalue weighted by Gasteiger charge is 2.48. The van der Waals surface area contributed by atoms with Crippen molar-refractivity contribution >= 4 is 16.3 Å². The molecule has 0 radical (unpaired) electrons. The predicted octanol–water partition coefficient (Wildman–Crippen LogP) is 8.69. The monoisotopic (exact) mass is 892 g/mol. The van der Waals surface area contributed by atoms with Crippen LogP contribution in [-0.4, -0.2) is 107 Å². The molecule has 7 N–H and O–H groups in total. The number of rotatable bonds is 41. The molecule has 0 aromatic heterocycles. The average molecular weight is 892 g/mol. The smallest absolute Gasteiger partial charge is 0.394 e. The number of ether oxygens (including phenoxy) is 2. The molecule has 1 saturated heterocycles. The first-order chi connectivity index (χ1) is 29.4. The molecule has 1 rings (SSSR count). The van der Waals surface area contributed by atoms with Gasteiger partial charge in [0.15, 0.2) is 6.29 Å². The molecule has 360 valence electrons. The number of carbonyl (C=O) groups excluding carboxylic acids is 1. The van der Waals surface area contributed by atoms with Crippen molar-refractivity contribution in [2.24, 2.45) is 0 Å². The number of amides is 1. The molecule has 61 heavy (non-hydrogen) atoms. The van der Waals surface area contributed by atoms with E-state index in [-0.39, 0.29) is 6.42 Å². The first-order valence-corrected chi connectivity index (χ1v) is 25.7. The Morgan fingerprint density at radius 1 is 0.656 bits per heavy atom. The van der Waals surface area contributed by atoms with Gasteiger partial charge in [0.05, 0.1) is 25.4 Å². The van der Waals surface area contributed by atoms with Gasteiger partial charge in [0.25, 0.3) is 0 Å². The van der Waals surface area contributed by atoms with Crippen LogP contribution in [0.3, 0.4) is 0 Å². The summed E-state index contributed by atoms with van der Waals surface area (Å²) in [5.74, 6) is -0.707. The molecule has 8 atom stereocenters. The van der Waals surface area contributed by atoms with E-state index >= 15 is 0 Å². The van der Waals surface area contributed by atoms with Gasteiger partial charge >= 0.3 is 10.4 Å². The molecule has 1 aliphatic rings. The summed E-state index contributed by atoms with van der Waals surface area (Å²) in [6.07, 6.45) is 31.2. The first-order valence-electron chi connectivity index (χ1n) is 24.3. The number of nitrogens with one attached hydrogen (secondary N) is 1. The summed E-state index contributed by atoms with van der Waals surface area (Å²) >= 11 is 0. The van der Waals surface area contributed by atoms with E-state index in [1.54, 1.807) is 0 Å². The van der Waals surface area contributed by atoms with Crippen LogP contribution in [0.4, 0.5) is 0 Å². The molecule has 0 aromatic carbocycles. The Hall–Kier alpha value is -1.46. The molecule has 0 aromatic rings. The maximum absolute atomic E-state index is 13.1. The molecular formula is C47H89NO12S. The molecule has 14 heteroatoms. The second-order valence-electron chi connectivity index (χ2n) is 17.2. The maximum atomic E-state index is 13.1. The van der Waals surface area contributed by atoms with Crippen molar-refractivity contribution in [3.8, 4) is 0 Å². The SMILES string of the molecule is CCCCCCCCCCCC/C=C\CCCCCCCCC(O)C(=O)NC(COC1OC(CO)C(O)C(OS(=O)(=O)O)C1O)C(O)/C=C/CCCCCCCCCCCC. The van der Waals surface area contributed by atoms with E-state index < -0.39 is 78.5 Å². The molecule has 0 bridgehead atoms. The number of aliphatic hydroxyl groups excluding tert-OH is 5. The third-order valence-corrected chi connectivity index (χ3v) is 12.0. The molecule has 0 aliphatic carbocycles. The van der Waals surface area contributed by atoms with Gasteiger partial charge in [-0.1, -0.05) is 186 Å². The largest absolute Gasteiger partial charge is 0.397 e. The zero-order chi connectivity index (χ0) is 45.0. The van der Waals surface area contributed by atoms with E-state index in [0.717, 1.165) is 57.8 Å². The molecular weight excluding hydrogens is 803 g/mol. The van der Waals surface area contributed by atoms with Crippen molar-refractivity contribution in [1.82, 2.24) is 5.32 Å². The van der Waals surface area contributed by atoms with Gasteiger partial charge < -0.3 is 40.3 Å². The number of allylic oxidation sites excluding steroid dienone is 3. The van der Waals surface area contributed by atoms with Crippen molar-refractivity contribution in [2.75, 3.05) is 13.2 Å². The highest BCUT2D eigenvalue weighted by atomic mass is 32.3. The maximum Gasteiger partial charge on any atom is 0.397 e. The lowest BCUT2D eigenvalue weighted by Gasteiger charge is -2.41. The van der Waals surface area contributed by atoms with Gasteiger partial charge in [0.2, 0.25) is 5.91 Å². The molecule has 0 spiro atoms. The van der Waals surface area contributed by atoms with Crippen LogP contribution >= 0.6 is 0 Å². The zero-order valence-corrected chi connectivity index (χ0v) is 38.9. The van der Waals surface area contributed by atoms with Crippen LogP contribution in [0.25, 0.3) is 0 Å². The molecule has 1 amide bonds. The number of hydrogen-bond acceptors (Lipinski definition) is 11. The summed E-state index contributed by atoms with van der Waals surface area (Å²) in [4.78, 5) is 13.1. The summed E-state index contributed by atoms with van der Waals surface area (Å²) in [6.45, 7) is 3.21. The summed E-state index contributed by atoms with van der Waals surface area (Å²) < 4.78 is 47.5. The highest BCUT2D eigenvalue weighted by molar-refractivity contribution is 7.80. The number of aliphatic hydroxyl groups is 5. The second-order valence-corrected chi connectivity index (χ2v) is 18.2. The Morgan fingerprint density at radius 3 is 1.52 bits per heavy atom. The van der Waals surface area contributed by atoms with Crippen LogP contribution in [0.15, 0.2) is 24.3 Å². The summed E-state index contributed by atoms with van der Waals surface area (Å²) in [7, 11) is -5.12. The van der Waals surface area contributed by atoms with Crippen LogP contribution in [0, 0.1) is 0 Å². The van der Waals surface area contributed by atoms with Crippen LogP contribution in [0.1, 0.15) is 206 Å². The lowest BCUT2D eigenvalue weighted by molar-refractivity contribution is -0.298. The van der Waals surface area contributed by atoms with Crippen molar-refractivity contribution in [2.45, 2.75) is 255 Å². The summed E-state index contributed by atoms with van der Waals surface area (Å²) in [5, 5.41) is 55.2. The number of hydrogen-bond donors (Lipinski definition) is 7. The molecule has 1 aliphatic heterocycles. The van der Waals surface area contributed by atoms with E-state index in [1.807, 2.05) is 6.08 Å². The lowest BCUT2D eigenvalue weighted by Crippen LogP contribution is -2.61. The van der Waals surface area contributed by atoms with E-state index in [9.17, 15) is 43.3 Å². The Labute approximate surface area is 370 Å². The normalized spacial score (nSPS) is 21.3. The van der Waals surface area contributed by atoms with Crippen molar-refractivity contribution < 1.29 is 57.0 Å². The van der Waals surface area contributed by atoms with Crippen LogP contribution in [0.2, 0.25) is 0 Å². The van der Waals surface area contributed by atoms with Gasteiger partial charge in [-0.2, -0.15) is 8.42 Å². The van der Waals surface area contributed by atoms with Crippen molar-refractivity contribution in [3.05, 3.63) is 24.3 Å². The van der Waals surface area contributed by atoms with Gasteiger partial charge in [0, 0.05) is 0 Å². The standard InChI is InChI=1S/C47H89NO12S/c1-3-5-7-9-11-13-15-17-18-19-20-21-22-23-24-26-28-30-32-34-36-41(51)46(54)48-39(40(50)35-33-31-29-27-25-16-14-12-10-8-6-4-2)38-58-47-44(53)45(60-61(55,56)57)43(52)42(37-49)59-47/h21-22,33,35,39-45,47,49-53H,3-20,23-32,34,36-38H2,1-2H3,(H,48,54)(H,55,56,57)/b22-21-,35-33+. The Balaban J connectivity index is 2.51. The van der Waals surface area contributed by atoms with Crippen LogP contribution in [-0.2, 0) is 28.9 Å². The molecule has 1 heterocycles. The van der Waals surface area contributed by atoms with E-state index in [1.165, 1.54) is 122 Å². The van der Waals surface area contributed by atoms with E-state index in [2.05, 4.69) is 35.5 Å². The lowest BCUT2D eigenvalue weighted by atomic mass is 9.99. The molecule has 0 saturated carbocycles. The predicted molar refractivity (Wildman–Crippen MR) is 242 cm³/mol. The van der Waals surface area contributed by atoms with Gasteiger partial charge in [-0.05, 0) is 44.9 Å². The summed E-state index contributed by atoms with van der Waals surface area (Å²) in [5.41, 5.74) is 0. The van der Waals surface area contributed by atoms with Gasteiger partial charge in [-0.15, -0.1) is 0 Å². The first kappa shape index (κ1) is 57.6. The summed E-state index contributed by atoms with van der Waals surface area (Å²) in [6, 6.07) is -1.12. The molecule has 1 fully saturated rings. The third kappa shape index (κ3) is 30.3. The Morgan fingerprint density at radius 2 is 1.08 bits per heavy atom. The Bertz CT molecular complexity index is 1200. The fourth-order valence-corrected chi connectivity index (χ4v) is 8.20. The van der Waals surface area contributed by atoms with Gasteiger partial charge in [-0.3, -0.25) is 9.35 Å². The molecule has 13 nitrogen and oxygen atoms in total. The van der Waals surface area contributed by atoms with Gasteiger partial charge in [0.1, 0.15) is 30.5 Å². The van der Waals surface area contributed by atoms with Crippen molar-refractivity contribution in [1.29, 1.82) is 0 Å². The average Bonchev–Trinajstić information content (AvgIpc) is 3.23. The van der Waals surface area contributed by atoms with Crippen molar-refractivity contribution in [3.63, 3.8) is 0 Å². The minimum Gasteiger partial charge on any atom is -0.394 e. The van der Waals surface area contributed by atoms with E-state index in [4.69, 9.17) is 9.47 Å². The highest BCUT2D eigenvalue weighted by Crippen LogP contribution is 2.26. The van der Waals surface area contributed by atoms with Crippen LogP contribution < -0.4 is 5.32 Å².